The number of benzene rings is 2. The van der Waals surface area contributed by atoms with Crippen LogP contribution in [0.15, 0.2) is 45.6 Å². The van der Waals surface area contributed by atoms with Crippen molar-refractivity contribution in [1.82, 2.24) is 0 Å². The molecule has 0 aliphatic carbocycles. The predicted octanol–water partition coefficient (Wildman–Crippen LogP) is 0.511. The number of phenols is 1. The number of aromatic hydroxyl groups is 1. The molecule has 0 bridgehead atoms. The zero-order valence-corrected chi connectivity index (χ0v) is 22.2. The number of fused-ring (bicyclic) bond motifs is 1. The van der Waals surface area contributed by atoms with Gasteiger partial charge < -0.3 is 53.4 Å². The number of hydrogen-bond donors (Lipinski definition) is 4. The van der Waals surface area contributed by atoms with Crippen LogP contribution in [0.4, 0.5) is 0 Å². The van der Waals surface area contributed by atoms with Crippen molar-refractivity contribution in [3.63, 3.8) is 0 Å². The lowest BCUT2D eigenvalue weighted by Crippen LogP contribution is -2.61. The summed E-state index contributed by atoms with van der Waals surface area (Å²) in [6, 6.07) is 8.97. The van der Waals surface area contributed by atoms with Gasteiger partial charge in [0.25, 0.3) is 5.09 Å². The first-order valence-corrected chi connectivity index (χ1v) is 12.4. The molecule has 226 valence electrons. The second kappa shape index (κ2) is 12.9. The van der Waals surface area contributed by atoms with E-state index in [4.69, 9.17) is 28.1 Å². The molecule has 2 heterocycles. The van der Waals surface area contributed by atoms with E-state index < -0.39 is 52.9 Å². The first kappa shape index (κ1) is 30.3. The van der Waals surface area contributed by atoms with Crippen LogP contribution in [0.1, 0.15) is 6.42 Å². The van der Waals surface area contributed by atoms with Crippen molar-refractivity contribution < 1.29 is 63.2 Å². The molecule has 16 heteroatoms. The van der Waals surface area contributed by atoms with E-state index >= 15 is 0 Å². The van der Waals surface area contributed by atoms with Crippen molar-refractivity contribution in [2.24, 2.45) is 0 Å². The molecular formula is C26H27NO15. The molecule has 3 aromatic rings. The minimum atomic E-state index is -1.95. The molecule has 2 aromatic carbocycles. The van der Waals surface area contributed by atoms with Crippen LogP contribution in [-0.4, -0.2) is 89.6 Å². The van der Waals surface area contributed by atoms with E-state index in [2.05, 4.69) is 4.84 Å². The molecule has 0 unspecified atom stereocenters. The molecule has 5 atom stereocenters. The van der Waals surface area contributed by atoms with Crippen LogP contribution in [0.2, 0.25) is 0 Å². The van der Waals surface area contributed by atoms with Gasteiger partial charge in [0.1, 0.15) is 40.8 Å². The number of nitrogens with zero attached hydrogens (tertiary/aromatic N) is 1. The average molecular weight is 593 g/mol. The first-order valence-electron chi connectivity index (χ1n) is 12.4. The summed E-state index contributed by atoms with van der Waals surface area (Å²) in [7, 11) is 2.67. The van der Waals surface area contributed by atoms with Gasteiger partial charge in [0.15, 0.2) is 23.0 Å². The summed E-state index contributed by atoms with van der Waals surface area (Å²) >= 11 is 0. The van der Waals surface area contributed by atoms with Crippen molar-refractivity contribution in [3.8, 4) is 34.3 Å². The molecule has 0 saturated carbocycles. The maximum absolute atomic E-state index is 12.9. The Morgan fingerprint density at radius 3 is 2.38 bits per heavy atom. The number of carbonyl (C=O) groups excluding carboxylic acids is 1. The van der Waals surface area contributed by atoms with Crippen molar-refractivity contribution in [1.29, 1.82) is 0 Å². The number of hydrogen-bond acceptors (Lipinski definition) is 15. The molecule has 4 N–H and O–H groups in total. The molecule has 16 nitrogen and oxygen atoms in total. The van der Waals surface area contributed by atoms with Crippen LogP contribution in [0, 0.1) is 10.1 Å². The van der Waals surface area contributed by atoms with Crippen LogP contribution in [0.5, 0.6) is 23.0 Å². The largest absolute Gasteiger partial charge is 0.504 e. The molecule has 1 fully saturated rings. The maximum atomic E-state index is 12.9. The van der Waals surface area contributed by atoms with Gasteiger partial charge in [0.2, 0.25) is 12.0 Å². The Balaban J connectivity index is 1.61. The van der Waals surface area contributed by atoms with Crippen molar-refractivity contribution in [2.45, 2.75) is 37.1 Å². The molecule has 0 spiro atoms. The van der Waals surface area contributed by atoms with Gasteiger partial charge in [0, 0.05) is 24.1 Å². The molecule has 0 amide bonds. The summed E-state index contributed by atoms with van der Waals surface area (Å²) < 4.78 is 32.2. The summed E-state index contributed by atoms with van der Waals surface area (Å²) in [5.74, 6) is -1.76. The lowest BCUT2D eigenvalue weighted by Gasteiger charge is -2.39. The predicted molar refractivity (Wildman–Crippen MR) is 139 cm³/mol. The number of ether oxygens (including phenoxy) is 5. The van der Waals surface area contributed by atoms with Crippen LogP contribution >= 0.6 is 0 Å². The summed E-state index contributed by atoms with van der Waals surface area (Å²) in [6.45, 7) is -0.700. The summed E-state index contributed by atoms with van der Waals surface area (Å²) in [6.07, 6.45) is -9.50. The monoisotopic (exact) mass is 593 g/mol. The van der Waals surface area contributed by atoms with Crippen LogP contribution < -0.4 is 19.6 Å². The summed E-state index contributed by atoms with van der Waals surface area (Å²) in [5.41, 5.74) is -0.231. The van der Waals surface area contributed by atoms with Crippen LogP contribution in [-0.2, 0) is 19.1 Å². The minimum Gasteiger partial charge on any atom is -0.504 e. The van der Waals surface area contributed by atoms with E-state index in [9.17, 15) is 40.1 Å². The number of aliphatic hydroxyl groups is 3. The average Bonchev–Trinajstić information content (AvgIpc) is 2.96. The number of aliphatic hydroxyl groups excluding tert-OH is 3. The normalized spacial score (nSPS) is 21.9. The number of methoxy groups -OCH3 is 2. The molecule has 1 aliphatic rings. The van der Waals surface area contributed by atoms with E-state index in [0.29, 0.717) is 11.3 Å². The highest BCUT2D eigenvalue weighted by atomic mass is 16.9. The Labute approximate surface area is 236 Å². The molecule has 42 heavy (non-hydrogen) atoms. The minimum absolute atomic E-state index is 0.0576. The number of rotatable bonds is 11. The van der Waals surface area contributed by atoms with Gasteiger partial charge in [-0.3, -0.25) is 4.79 Å². The fourth-order valence-electron chi connectivity index (χ4n) is 4.16. The Morgan fingerprint density at radius 1 is 1.02 bits per heavy atom. The topological polar surface area (TPSA) is 227 Å². The Hall–Kier alpha value is -4.64. The Bertz CT molecular complexity index is 1490. The van der Waals surface area contributed by atoms with E-state index in [-0.39, 0.29) is 47.9 Å². The van der Waals surface area contributed by atoms with Crippen molar-refractivity contribution >= 4 is 16.9 Å². The lowest BCUT2D eigenvalue weighted by molar-refractivity contribution is -0.757. The standard InChI is InChI=1S/C26H27NO15/c1-36-13-6-4-12(5-7-13)15-10-14(28)18-16(40-15)11-17(23(37-2)19(18)29)41-26-22(32)20(30)21(31)24(42-26)25(33)38-8-3-9-39-27(34)35/h4-7,10-11,20-22,24,26,29-32H,3,8-9H2,1-2H3/t20-,21-,22+,24-,26+/m0/s1. The van der Waals surface area contributed by atoms with Crippen molar-refractivity contribution in [3.05, 3.63) is 56.7 Å². The fourth-order valence-corrected chi connectivity index (χ4v) is 4.16. The fraction of sp³-hybridized carbons (Fsp3) is 0.385. The van der Waals surface area contributed by atoms with Gasteiger partial charge >= 0.3 is 5.97 Å². The molecule has 4 rings (SSSR count). The van der Waals surface area contributed by atoms with E-state index in [1.54, 1.807) is 24.3 Å². The second-order valence-corrected chi connectivity index (χ2v) is 8.93. The molecule has 1 saturated heterocycles. The van der Waals surface area contributed by atoms with Gasteiger partial charge in [0.05, 0.1) is 27.4 Å². The van der Waals surface area contributed by atoms with Gasteiger partial charge in [-0.1, -0.05) is 0 Å². The third-order valence-electron chi connectivity index (χ3n) is 6.27. The first-order chi connectivity index (χ1) is 20.0. The quantitative estimate of drug-likeness (QED) is 0.103. The highest BCUT2D eigenvalue weighted by Gasteiger charge is 2.49. The second-order valence-electron chi connectivity index (χ2n) is 8.93. The van der Waals surface area contributed by atoms with Crippen LogP contribution in [0.25, 0.3) is 22.3 Å². The Kier molecular flexibility index (Phi) is 9.31. The van der Waals surface area contributed by atoms with Crippen molar-refractivity contribution in [2.75, 3.05) is 27.4 Å². The van der Waals surface area contributed by atoms with Gasteiger partial charge in [-0.25, -0.2) is 4.79 Å². The Morgan fingerprint density at radius 2 is 1.74 bits per heavy atom. The highest BCUT2D eigenvalue weighted by molar-refractivity contribution is 5.89. The third-order valence-corrected chi connectivity index (χ3v) is 6.27. The van der Waals surface area contributed by atoms with E-state index in [1.807, 2.05) is 0 Å². The van der Waals surface area contributed by atoms with Gasteiger partial charge in [-0.15, -0.1) is 10.1 Å². The maximum Gasteiger partial charge on any atom is 0.338 e. The molecular weight excluding hydrogens is 566 g/mol. The smallest absolute Gasteiger partial charge is 0.338 e. The summed E-state index contributed by atoms with van der Waals surface area (Å²) in [4.78, 5) is 39.8. The number of esters is 1. The van der Waals surface area contributed by atoms with E-state index in [1.165, 1.54) is 26.4 Å². The summed E-state index contributed by atoms with van der Waals surface area (Å²) in [5, 5.41) is 51.0. The third kappa shape index (κ3) is 6.31. The van der Waals surface area contributed by atoms with E-state index in [0.717, 1.165) is 0 Å². The molecule has 1 aromatic heterocycles. The zero-order chi connectivity index (χ0) is 30.6. The zero-order valence-electron chi connectivity index (χ0n) is 22.2. The van der Waals surface area contributed by atoms with Gasteiger partial charge in [-0.05, 0) is 24.3 Å². The molecule has 1 aliphatic heterocycles. The lowest BCUT2D eigenvalue weighted by atomic mass is 9.99. The number of carbonyl (C=O) groups is 1. The SMILES string of the molecule is COc1ccc(-c2cc(=O)c3c(O)c(OC)c(O[C@@H]4O[C@H](C(=O)OCCCO[N+](=O)[O-])[C@@H](O)[C@H](O)[C@H]4O)cc3o2)cc1. The molecule has 0 radical (unpaired) electrons. The number of phenolic OH excluding ortho intramolecular Hbond substituents is 1. The highest BCUT2D eigenvalue weighted by Crippen LogP contribution is 2.43. The van der Waals surface area contributed by atoms with Crippen LogP contribution in [0.3, 0.4) is 0 Å². The van der Waals surface area contributed by atoms with Gasteiger partial charge in [-0.2, -0.15) is 0 Å².